The molecule has 0 N–H and O–H groups in total. The van der Waals surface area contributed by atoms with E-state index in [1.807, 2.05) is 42.5 Å². The summed E-state index contributed by atoms with van der Waals surface area (Å²) in [7, 11) is 3.60. The minimum absolute atomic E-state index is 0.0333. The molecule has 0 aromatic heterocycles. The largest absolute Gasteiger partial charge is 0.493 e. The molecular weight excluding hydrogens is 504 g/mol. The molecule has 7 nitrogen and oxygen atoms in total. The van der Waals surface area contributed by atoms with Crippen LogP contribution < -0.4 is 9.47 Å². The Balaban J connectivity index is 1.33. The van der Waals surface area contributed by atoms with Gasteiger partial charge in [-0.05, 0) is 47.9 Å². The third-order valence-corrected chi connectivity index (χ3v) is 7.36. The van der Waals surface area contributed by atoms with Gasteiger partial charge < -0.3 is 19.1 Å². The lowest BCUT2D eigenvalue weighted by Gasteiger charge is -2.24. The fourth-order valence-corrected chi connectivity index (χ4v) is 5.26. The van der Waals surface area contributed by atoms with Crippen LogP contribution >= 0.6 is 11.6 Å². The maximum absolute atomic E-state index is 12.9. The first-order valence-corrected chi connectivity index (χ1v) is 13.1. The van der Waals surface area contributed by atoms with Crippen molar-refractivity contribution in [1.82, 2.24) is 9.80 Å². The molecule has 0 bridgehead atoms. The highest BCUT2D eigenvalue weighted by Gasteiger charge is 2.30. The Hall–Kier alpha value is -3.55. The van der Waals surface area contributed by atoms with Crippen molar-refractivity contribution in [2.75, 3.05) is 40.3 Å². The average Bonchev–Trinajstić information content (AvgIpc) is 3.34. The van der Waals surface area contributed by atoms with E-state index in [0.29, 0.717) is 11.6 Å². The maximum atomic E-state index is 12.9. The van der Waals surface area contributed by atoms with Crippen molar-refractivity contribution < 1.29 is 23.8 Å². The molecule has 8 heteroatoms. The van der Waals surface area contributed by atoms with E-state index in [1.54, 1.807) is 0 Å². The summed E-state index contributed by atoms with van der Waals surface area (Å²) in [4.78, 5) is 28.6. The topological polar surface area (TPSA) is 68.3 Å². The van der Waals surface area contributed by atoms with Crippen LogP contribution in [0.3, 0.4) is 0 Å². The van der Waals surface area contributed by atoms with Crippen LogP contribution in [0.4, 0.5) is 4.79 Å². The number of likely N-dealkylation sites (N-methyl/N-ethyl adjacent to an activating group) is 2. The minimum atomic E-state index is -0.685. The van der Waals surface area contributed by atoms with Gasteiger partial charge >= 0.3 is 12.1 Å². The predicted octanol–water partition coefficient (Wildman–Crippen LogP) is 5.07. The van der Waals surface area contributed by atoms with E-state index < -0.39 is 12.1 Å². The van der Waals surface area contributed by atoms with E-state index in [9.17, 15) is 9.59 Å². The van der Waals surface area contributed by atoms with Gasteiger partial charge in [-0.3, -0.25) is 9.69 Å². The van der Waals surface area contributed by atoms with Crippen molar-refractivity contribution >= 4 is 23.7 Å². The standard InChI is InChI=1S/C30H31ClN2O5/c1-32-13-11-22-15-26(31)27(16-24(22)25(17-32)23-10-6-9-21-12-14-36-29(21)23)38-30(35)33(2)18-28(34)37-19-20-7-4-3-5-8-20/h3-10,15-16,25H,11-14,17-19H2,1-2H3. The molecular formula is C30H31ClN2O5. The number of nitrogens with zero attached hydrogens (tertiary/aromatic N) is 2. The number of benzene rings is 3. The Morgan fingerprint density at radius 1 is 1.05 bits per heavy atom. The van der Waals surface area contributed by atoms with Crippen LogP contribution in [0.15, 0.2) is 60.7 Å². The summed E-state index contributed by atoms with van der Waals surface area (Å²) in [6, 6.07) is 19.4. The molecule has 0 aliphatic carbocycles. The maximum Gasteiger partial charge on any atom is 0.415 e. The van der Waals surface area contributed by atoms with E-state index in [-0.39, 0.29) is 24.8 Å². The van der Waals surface area contributed by atoms with Crippen LogP contribution in [-0.4, -0.2) is 62.2 Å². The van der Waals surface area contributed by atoms with Gasteiger partial charge in [0, 0.05) is 38.0 Å². The Morgan fingerprint density at radius 3 is 2.68 bits per heavy atom. The van der Waals surface area contributed by atoms with Gasteiger partial charge in [0.1, 0.15) is 18.9 Å². The predicted molar refractivity (Wildman–Crippen MR) is 145 cm³/mol. The van der Waals surface area contributed by atoms with Crippen LogP contribution in [-0.2, 0) is 29.0 Å². The Morgan fingerprint density at radius 2 is 1.87 bits per heavy atom. The lowest BCUT2D eigenvalue weighted by Crippen LogP contribution is -2.35. The zero-order valence-corrected chi connectivity index (χ0v) is 22.4. The highest BCUT2D eigenvalue weighted by Crippen LogP contribution is 2.42. The summed E-state index contributed by atoms with van der Waals surface area (Å²) in [5.74, 6) is 0.734. The lowest BCUT2D eigenvalue weighted by atomic mass is 9.86. The highest BCUT2D eigenvalue weighted by molar-refractivity contribution is 6.32. The van der Waals surface area contributed by atoms with E-state index in [1.165, 1.54) is 17.5 Å². The number of para-hydroxylation sites is 1. The van der Waals surface area contributed by atoms with Crippen molar-refractivity contribution in [2.24, 2.45) is 0 Å². The molecule has 198 valence electrons. The van der Waals surface area contributed by atoms with Crippen LogP contribution in [0.1, 0.15) is 33.7 Å². The van der Waals surface area contributed by atoms with Gasteiger partial charge in [-0.25, -0.2) is 4.79 Å². The van der Waals surface area contributed by atoms with Gasteiger partial charge in [0.2, 0.25) is 0 Å². The number of carbonyl (C=O) groups is 2. The first-order chi connectivity index (χ1) is 18.4. The molecule has 1 atom stereocenters. The van der Waals surface area contributed by atoms with Crippen LogP contribution in [0.5, 0.6) is 11.5 Å². The third kappa shape index (κ3) is 5.79. The summed E-state index contributed by atoms with van der Waals surface area (Å²) in [6.45, 7) is 2.28. The molecule has 2 heterocycles. The molecule has 0 spiro atoms. The number of amides is 1. The molecule has 1 unspecified atom stereocenters. The van der Waals surface area contributed by atoms with Gasteiger partial charge in [-0.2, -0.15) is 0 Å². The molecule has 2 aliphatic rings. The van der Waals surface area contributed by atoms with E-state index >= 15 is 0 Å². The Bertz CT molecular complexity index is 1330. The second-order valence-corrected chi connectivity index (χ2v) is 10.3. The number of carbonyl (C=O) groups excluding carboxylic acids is 2. The second kappa shape index (κ2) is 11.5. The highest BCUT2D eigenvalue weighted by atomic mass is 35.5. The number of rotatable bonds is 6. The first kappa shape index (κ1) is 26.1. The smallest absolute Gasteiger partial charge is 0.415 e. The number of esters is 1. The van der Waals surface area contributed by atoms with E-state index in [0.717, 1.165) is 53.9 Å². The van der Waals surface area contributed by atoms with Crippen molar-refractivity contribution in [3.05, 3.63) is 93.5 Å². The molecule has 0 saturated carbocycles. The summed E-state index contributed by atoms with van der Waals surface area (Å²) >= 11 is 6.58. The first-order valence-electron chi connectivity index (χ1n) is 12.8. The molecule has 5 rings (SSSR count). The van der Waals surface area contributed by atoms with E-state index in [4.69, 9.17) is 25.8 Å². The normalized spacial score (nSPS) is 16.6. The number of fused-ring (bicyclic) bond motifs is 2. The molecule has 2 aliphatic heterocycles. The second-order valence-electron chi connectivity index (χ2n) is 9.85. The monoisotopic (exact) mass is 534 g/mol. The summed E-state index contributed by atoms with van der Waals surface area (Å²) in [5.41, 5.74) is 5.41. The van der Waals surface area contributed by atoms with E-state index in [2.05, 4.69) is 30.1 Å². The molecule has 38 heavy (non-hydrogen) atoms. The van der Waals surface area contributed by atoms with Crippen LogP contribution in [0, 0.1) is 0 Å². The van der Waals surface area contributed by atoms with Crippen molar-refractivity contribution in [3.8, 4) is 11.5 Å². The van der Waals surface area contributed by atoms with Gasteiger partial charge in [0.15, 0.2) is 5.75 Å². The van der Waals surface area contributed by atoms with Crippen LogP contribution in [0.25, 0.3) is 0 Å². The van der Waals surface area contributed by atoms with Gasteiger partial charge in [-0.1, -0.05) is 60.1 Å². The zero-order valence-electron chi connectivity index (χ0n) is 21.6. The summed E-state index contributed by atoms with van der Waals surface area (Å²) < 4.78 is 17.0. The number of halogens is 1. The summed E-state index contributed by atoms with van der Waals surface area (Å²) in [5, 5.41) is 0.356. The summed E-state index contributed by atoms with van der Waals surface area (Å²) in [6.07, 6.45) is 1.05. The zero-order chi connectivity index (χ0) is 26.6. The quantitative estimate of drug-likeness (QED) is 0.411. The number of hydrogen-bond donors (Lipinski definition) is 0. The fraction of sp³-hybridized carbons (Fsp3) is 0.333. The van der Waals surface area contributed by atoms with Gasteiger partial charge in [0.05, 0.1) is 11.6 Å². The van der Waals surface area contributed by atoms with Crippen molar-refractivity contribution in [3.63, 3.8) is 0 Å². The Labute approximate surface area is 227 Å². The molecule has 1 amide bonds. The van der Waals surface area contributed by atoms with Crippen molar-refractivity contribution in [2.45, 2.75) is 25.4 Å². The number of ether oxygens (including phenoxy) is 3. The Kier molecular flexibility index (Phi) is 7.86. The lowest BCUT2D eigenvalue weighted by molar-refractivity contribution is -0.145. The third-order valence-electron chi connectivity index (χ3n) is 7.06. The number of hydrogen-bond acceptors (Lipinski definition) is 6. The van der Waals surface area contributed by atoms with Crippen molar-refractivity contribution in [1.29, 1.82) is 0 Å². The average molecular weight is 535 g/mol. The molecule has 0 fully saturated rings. The molecule has 0 saturated heterocycles. The SMILES string of the molecule is CN1CCc2cc(Cl)c(OC(=O)N(C)CC(=O)OCc3ccccc3)cc2C(c2cccc3c2OCC3)C1. The molecule has 3 aromatic carbocycles. The fourth-order valence-electron chi connectivity index (χ4n) is 5.04. The molecule has 0 radical (unpaired) electrons. The van der Waals surface area contributed by atoms with Crippen LogP contribution in [0.2, 0.25) is 5.02 Å². The minimum Gasteiger partial charge on any atom is -0.493 e. The van der Waals surface area contributed by atoms with Gasteiger partial charge in [0.25, 0.3) is 0 Å². The molecule has 3 aromatic rings. The van der Waals surface area contributed by atoms with Gasteiger partial charge in [-0.15, -0.1) is 0 Å².